The van der Waals surface area contributed by atoms with Crippen LogP contribution in [0, 0.1) is 5.82 Å². The van der Waals surface area contributed by atoms with Gasteiger partial charge in [-0.3, -0.25) is 4.79 Å². The number of amides is 1. The van der Waals surface area contributed by atoms with E-state index in [-0.39, 0.29) is 22.6 Å². The van der Waals surface area contributed by atoms with Crippen molar-refractivity contribution >= 4 is 17.7 Å². The van der Waals surface area contributed by atoms with Crippen molar-refractivity contribution in [3.8, 4) is 5.75 Å². The van der Waals surface area contributed by atoms with Gasteiger partial charge in [0.15, 0.2) is 17.7 Å². The first-order chi connectivity index (χ1) is 11.7. The zero-order valence-electron chi connectivity index (χ0n) is 12.8. The number of carbonyl (C=O) groups excluding carboxylic acids is 1. The van der Waals surface area contributed by atoms with E-state index in [0.717, 1.165) is 11.8 Å². The maximum Gasteiger partial charge on any atom is 0.405 e. The highest BCUT2D eigenvalue weighted by atomic mass is 32.2. The number of thioether (sulfide) groups is 1. The van der Waals surface area contributed by atoms with Gasteiger partial charge >= 0.3 is 6.18 Å². The molecule has 6 nitrogen and oxygen atoms in total. The molecule has 1 heterocycles. The van der Waals surface area contributed by atoms with Crippen molar-refractivity contribution in [1.29, 1.82) is 0 Å². The average molecular weight is 379 g/mol. The third-order valence-corrected chi connectivity index (χ3v) is 3.54. The van der Waals surface area contributed by atoms with Crippen LogP contribution in [0.15, 0.2) is 33.9 Å². The Morgan fingerprint density at radius 2 is 2.08 bits per heavy atom. The number of aromatic nitrogens is 2. The first-order valence-corrected chi connectivity index (χ1v) is 7.94. The van der Waals surface area contributed by atoms with E-state index in [9.17, 15) is 22.4 Å². The lowest BCUT2D eigenvalue weighted by Crippen LogP contribution is -2.34. The van der Waals surface area contributed by atoms with Crippen LogP contribution in [0.3, 0.4) is 0 Å². The lowest BCUT2D eigenvalue weighted by Gasteiger charge is -2.11. The minimum atomic E-state index is -4.47. The van der Waals surface area contributed by atoms with Gasteiger partial charge in [-0.2, -0.15) is 13.2 Å². The number of alkyl halides is 3. The van der Waals surface area contributed by atoms with Crippen molar-refractivity contribution in [3.63, 3.8) is 0 Å². The number of hydrogen-bond acceptors (Lipinski definition) is 6. The van der Waals surface area contributed by atoms with Crippen LogP contribution < -0.4 is 10.1 Å². The summed E-state index contributed by atoms with van der Waals surface area (Å²) in [6, 6.07) is 5.78. The van der Waals surface area contributed by atoms with Gasteiger partial charge in [0, 0.05) is 0 Å². The maximum absolute atomic E-state index is 13.5. The minimum absolute atomic E-state index is 0.00827. The Hall–Kier alpha value is -2.30. The van der Waals surface area contributed by atoms with Crippen LogP contribution in [0.25, 0.3) is 0 Å². The molecule has 0 radical (unpaired) electrons. The maximum atomic E-state index is 13.5. The van der Waals surface area contributed by atoms with Crippen LogP contribution in [0.4, 0.5) is 17.6 Å². The van der Waals surface area contributed by atoms with Gasteiger partial charge in [-0.15, -0.1) is 10.2 Å². The summed E-state index contributed by atoms with van der Waals surface area (Å²) in [5.41, 5.74) is 0. The molecule has 0 saturated carbocycles. The van der Waals surface area contributed by atoms with Gasteiger partial charge in [0.2, 0.25) is 5.91 Å². The van der Waals surface area contributed by atoms with E-state index in [2.05, 4.69) is 10.2 Å². The van der Waals surface area contributed by atoms with E-state index < -0.39 is 30.5 Å². The molecule has 1 aromatic heterocycles. The molecule has 0 unspecified atom stereocenters. The largest absolute Gasteiger partial charge is 0.478 e. The topological polar surface area (TPSA) is 77.2 Å². The Morgan fingerprint density at radius 3 is 2.76 bits per heavy atom. The first-order valence-electron chi connectivity index (χ1n) is 6.95. The molecule has 1 aromatic carbocycles. The van der Waals surface area contributed by atoms with E-state index in [1.54, 1.807) is 18.3 Å². The van der Waals surface area contributed by atoms with Gasteiger partial charge in [-0.25, -0.2) is 4.39 Å². The summed E-state index contributed by atoms with van der Waals surface area (Å²) in [5.74, 6) is -1.64. The highest BCUT2D eigenvalue weighted by molar-refractivity contribution is 7.99. The quantitative estimate of drug-likeness (QED) is 0.588. The molecule has 1 atom stereocenters. The van der Waals surface area contributed by atoms with Crippen molar-refractivity contribution < 1.29 is 31.5 Å². The molecule has 2 rings (SSSR count). The summed E-state index contributed by atoms with van der Waals surface area (Å²) in [4.78, 5) is 11.3. The fourth-order valence-corrected chi connectivity index (χ4v) is 2.20. The normalized spacial score (nSPS) is 12.7. The number of halogens is 4. The Bertz CT molecular complexity index is 723. The highest BCUT2D eigenvalue weighted by Crippen LogP contribution is 2.25. The molecule has 0 aliphatic heterocycles. The molecule has 0 saturated heterocycles. The van der Waals surface area contributed by atoms with E-state index in [1.165, 1.54) is 18.2 Å². The lowest BCUT2D eigenvalue weighted by molar-refractivity contribution is -0.136. The summed E-state index contributed by atoms with van der Waals surface area (Å²) in [6.45, 7) is 0.152. The van der Waals surface area contributed by atoms with Crippen LogP contribution in [0.1, 0.15) is 18.9 Å². The second kappa shape index (κ2) is 8.19. The number of rotatable bonds is 7. The van der Waals surface area contributed by atoms with Crippen LogP contribution >= 0.6 is 11.8 Å². The van der Waals surface area contributed by atoms with E-state index in [0.29, 0.717) is 0 Å². The molecule has 1 N–H and O–H groups in total. The molecule has 0 fully saturated rings. The molecular weight excluding hydrogens is 366 g/mol. The number of hydrogen-bond donors (Lipinski definition) is 1. The third kappa shape index (κ3) is 6.25. The Labute approximate surface area is 143 Å². The minimum Gasteiger partial charge on any atom is -0.478 e. The number of ether oxygens (including phenoxy) is 1. The van der Waals surface area contributed by atoms with Crippen molar-refractivity contribution in [2.75, 3.05) is 12.3 Å². The number of carbonyl (C=O) groups is 1. The molecule has 2 aromatic rings. The number of nitrogens with zero attached hydrogens (tertiary/aromatic N) is 2. The standard InChI is InChI=1S/C14H13F4N3O3S/c1-8(23-10-5-3-2-4-9(10)15)12-20-21-13(24-12)25-6-11(22)19-7-14(16,17)18/h2-5,8H,6-7H2,1H3,(H,19,22)/t8-/m0/s1. The SMILES string of the molecule is C[C@H](Oc1ccccc1F)c1nnc(SCC(=O)NCC(F)(F)F)o1. The molecule has 0 aliphatic rings. The Kier molecular flexibility index (Phi) is 6.23. The zero-order chi connectivity index (χ0) is 18.4. The van der Waals surface area contributed by atoms with E-state index >= 15 is 0 Å². The second-order valence-corrected chi connectivity index (χ2v) is 5.70. The summed E-state index contributed by atoms with van der Waals surface area (Å²) >= 11 is 0.778. The Morgan fingerprint density at radius 1 is 1.36 bits per heavy atom. The smallest absolute Gasteiger partial charge is 0.405 e. The molecule has 0 spiro atoms. The molecule has 0 bridgehead atoms. The summed E-state index contributed by atoms with van der Waals surface area (Å²) in [6.07, 6.45) is -5.23. The number of para-hydroxylation sites is 1. The van der Waals surface area contributed by atoms with Crippen molar-refractivity contribution in [3.05, 3.63) is 36.0 Å². The second-order valence-electron chi connectivity index (χ2n) is 4.78. The van der Waals surface area contributed by atoms with Gasteiger partial charge in [0.25, 0.3) is 11.1 Å². The van der Waals surface area contributed by atoms with E-state index in [1.807, 2.05) is 0 Å². The molecule has 136 valence electrons. The molecular formula is C14H13F4N3O3S. The average Bonchev–Trinajstić information content (AvgIpc) is 3.01. The van der Waals surface area contributed by atoms with Gasteiger partial charge < -0.3 is 14.5 Å². The van der Waals surface area contributed by atoms with Gasteiger partial charge in [-0.1, -0.05) is 23.9 Å². The predicted octanol–water partition coefficient (Wildman–Crippen LogP) is 3.12. The third-order valence-electron chi connectivity index (χ3n) is 2.72. The lowest BCUT2D eigenvalue weighted by atomic mass is 10.3. The molecule has 1 amide bonds. The summed E-state index contributed by atoms with van der Waals surface area (Å²) in [5, 5.41) is 9.07. The molecule has 0 aliphatic carbocycles. The summed E-state index contributed by atoms with van der Waals surface area (Å²) < 4.78 is 60.0. The first kappa shape index (κ1) is 19.0. The monoisotopic (exact) mass is 379 g/mol. The molecule has 25 heavy (non-hydrogen) atoms. The van der Waals surface area contributed by atoms with Crippen LogP contribution in [-0.4, -0.2) is 34.6 Å². The van der Waals surface area contributed by atoms with Gasteiger partial charge in [-0.05, 0) is 19.1 Å². The molecule has 11 heteroatoms. The van der Waals surface area contributed by atoms with Gasteiger partial charge in [0.05, 0.1) is 5.75 Å². The predicted molar refractivity (Wildman–Crippen MR) is 79.5 cm³/mol. The van der Waals surface area contributed by atoms with Crippen molar-refractivity contribution in [2.45, 2.75) is 24.4 Å². The Balaban J connectivity index is 1.85. The fraction of sp³-hybridized carbons (Fsp3) is 0.357. The fourth-order valence-electron chi connectivity index (χ4n) is 1.60. The van der Waals surface area contributed by atoms with Crippen LogP contribution in [0.5, 0.6) is 5.75 Å². The van der Waals surface area contributed by atoms with E-state index in [4.69, 9.17) is 9.15 Å². The number of nitrogens with one attached hydrogen (secondary N) is 1. The highest BCUT2D eigenvalue weighted by Gasteiger charge is 2.27. The van der Waals surface area contributed by atoms with Crippen molar-refractivity contribution in [2.24, 2.45) is 0 Å². The zero-order valence-corrected chi connectivity index (χ0v) is 13.7. The number of benzene rings is 1. The van der Waals surface area contributed by atoms with Crippen molar-refractivity contribution in [1.82, 2.24) is 15.5 Å². The van der Waals surface area contributed by atoms with Gasteiger partial charge in [0.1, 0.15) is 6.54 Å². The summed E-state index contributed by atoms with van der Waals surface area (Å²) in [7, 11) is 0. The van der Waals surface area contributed by atoms with Crippen LogP contribution in [-0.2, 0) is 4.79 Å². The van der Waals surface area contributed by atoms with Crippen LogP contribution in [0.2, 0.25) is 0 Å².